The van der Waals surface area contributed by atoms with Gasteiger partial charge in [-0.1, -0.05) is 0 Å². The molecule has 7 heteroatoms. The first-order chi connectivity index (χ1) is 7.99. The SMILES string of the molecule is O=C(O)[C@@H]1CS[C@H](c2cc(I)c(O)c(I)c2)N1. The molecule has 0 radical (unpaired) electrons. The molecule has 2 atom stereocenters. The molecular formula is C10H9I2NO3S. The number of hydrogen-bond acceptors (Lipinski definition) is 4. The van der Waals surface area contributed by atoms with Crippen LogP contribution in [0.1, 0.15) is 10.9 Å². The van der Waals surface area contributed by atoms with E-state index in [-0.39, 0.29) is 11.1 Å². The summed E-state index contributed by atoms with van der Waals surface area (Å²) in [6.07, 6.45) is 0. The van der Waals surface area contributed by atoms with Crippen molar-refractivity contribution in [1.29, 1.82) is 0 Å². The van der Waals surface area contributed by atoms with E-state index in [0.29, 0.717) is 5.75 Å². The molecule has 1 heterocycles. The van der Waals surface area contributed by atoms with Gasteiger partial charge in [0.1, 0.15) is 11.8 Å². The summed E-state index contributed by atoms with van der Waals surface area (Å²) in [7, 11) is 0. The van der Waals surface area contributed by atoms with Gasteiger partial charge in [-0.3, -0.25) is 10.1 Å². The largest absolute Gasteiger partial charge is 0.506 e. The van der Waals surface area contributed by atoms with E-state index >= 15 is 0 Å². The highest BCUT2D eigenvalue weighted by atomic mass is 127. The Bertz CT molecular complexity index is 446. The summed E-state index contributed by atoms with van der Waals surface area (Å²) in [4.78, 5) is 10.8. The lowest BCUT2D eigenvalue weighted by Gasteiger charge is -2.13. The molecule has 0 saturated carbocycles. The number of carbonyl (C=O) groups is 1. The Kier molecular flexibility index (Phi) is 4.42. The van der Waals surface area contributed by atoms with Crippen LogP contribution in [-0.2, 0) is 4.79 Å². The van der Waals surface area contributed by atoms with Crippen LogP contribution >= 0.6 is 56.9 Å². The second kappa shape index (κ2) is 5.49. The maximum atomic E-state index is 10.8. The van der Waals surface area contributed by atoms with E-state index in [1.54, 1.807) is 11.8 Å². The second-order valence-electron chi connectivity index (χ2n) is 3.60. The summed E-state index contributed by atoms with van der Waals surface area (Å²) in [5.41, 5.74) is 1.00. The summed E-state index contributed by atoms with van der Waals surface area (Å²) in [6.45, 7) is 0. The van der Waals surface area contributed by atoms with Crippen LogP contribution in [-0.4, -0.2) is 28.0 Å². The van der Waals surface area contributed by atoms with Crippen molar-refractivity contribution in [3.63, 3.8) is 0 Å². The van der Waals surface area contributed by atoms with Crippen LogP contribution in [0.15, 0.2) is 12.1 Å². The minimum atomic E-state index is -0.817. The lowest BCUT2D eigenvalue weighted by molar-refractivity contribution is -0.138. The Morgan fingerprint density at radius 2 is 2.00 bits per heavy atom. The summed E-state index contributed by atoms with van der Waals surface area (Å²) in [5, 5.41) is 21.6. The molecule has 0 aliphatic carbocycles. The number of thioether (sulfide) groups is 1. The van der Waals surface area contributed by atoms with Crippen LogP contribution in [0.2, 0.25) is 0 Å². The maximum absolute atomic E-state index is 10.8. The van der Waals surface area contributed by atoms with Crippen LogP contribution < -0.4 is 5.32 Å². The standard InChI is InChI=1S/C10H9I2NO3S/c11-5-1-4(2-6(12)8(5)14)9-13-7(3-17-9)10(15)16/h1-2,7,9,13-14H,3H2,(H,15,16)/t7-,9+/m0/s1. The van der Waals surface area contributed by atoms with Crippen LogP contribution in [0.5, 0.6) is 5.75 Å². The number of benzene rings is 1. The van der Waals surface area contributed by atoms with E-state index in [1.165, 1.54) is 0 Å². The zero-order valence-electron chi connectivity index (χ0n) is 8.48. The van der Waals surface area contributed by atoms with Crippen molar-refractivity contribution in [2.45, 2.75) is 11.4 Å². The van der Waals surface area contributed by atoms with Crippen molar-refractivity contribution < 1.29 is 15.0 Å². The molecule has 17 heavy (non-hydrogen) atoms. The molecular weight excluding hydrogens is 468 g/mol. The van der Waals surface area contributed by atoms with E-state index in [4.69, 9.17) is 5.11 Å². The van der Waals surface area contributed by atoms with Crippen LogP contribution in [0.25, 0.3) is 0 Å². The molecule has 1 saturated heterocycles. The van der Waals surface area contributed by atoms with Gasteiger partial charge in [-0.25, -0.2) is 0 Å². The summed E-state index contributed by atoms with van der Waals surface area (Å²) < 4.78 is 1.57. The van der Waals surface area contributed by atoms with Gasteiger partial charge in [-0.15, -0.1) is 11.8 Å². The fourth-order valence-electron chi connectivity index (χ4n) is 1.54. The van der Waals surface area contributed by atoms with Gasteiger partial charge in [-0.05, 0) is 62.9 Å². The average Bonchev–Trinajstić information content (AvgIpc) is 2.74. The van der Waals surface area contributed by atoms with Gasteiger partial charge in [-0.2, -0.15) is 0 Å². The van der Waals surface area contributed by atoms with Crippen LogP contribution in [0, 0.1) is 7.14 Å². The molecule has 0 unspecified atom stereocenters. The molecule has 3 N–H and O–H groups in total. The minimum Gasteiger partial charge on any atom is -0.506 e. The molecule has 0 bridgehead atoms. The van der Waals surface area contributed by atoms with Gasteiger partial charge in [0, 0.05) is 5.75 Å². The number of carboxylic acids is 1. The number of rotatable bonds is 2. The molecule has 0 spiro atoms. The molecule has 2 rings (SSSR count). The van der Waals surface area contributed by atoms with Gasteiger partial charge in [0.05, 0.1) is 12.5 Å². The van der Waals surface area contributed by atoms with Crippen molar-refractivity contribution in [3.05, 3.63) is 24.8 Å². The highest BCUT2D eigenvalue weighted by Gasteiger charge is 2.30. The Morgan fingerprint density at radius 1 is 1.41 bits per heavy atom. The van der Waals surface area contributed by atoms with E-state index in [1.807, 2.05) is 12.1 Å². The summed E-state index contributed by atoms with van der Waals surface area (Å²) in [5.74, 6) is 0.0320. The number of aliphatic carboxylic acids is 1. The molecule has 1 aliphatic rings. The number of phenolic OH excluding ortho intramolecular Hbond substituents is 1. The topological polar surface area (TPSA) is 69.6 Å². The van der Waals surface area contributed by atoms with Crippen molar-refractivity contribution in [3.8, 4) is 5.75 Å². The third-order valence-electron chi connectivity index (χ3n) is 2.42. The Labute approximate surface area is 130 Å². The quantitative estimate of drug-likeness (QED) is 0.572. The fourth-order valence-corrected chi connectivity index (χ4v) is 4.57. The maximum Gasteiger partial charge on any atom is 0.321 e. The lowest BCUT2D eigenvalue weighted by atomic mass is 10.2. The summed E-state index contributed by atoms with van der Waals surface area (Å²) in [6, 6.07) is 3.27. The van der Waals surface area contributed by atoms with Crippen LogP contribution in [0.3, 0.4) is 0 Å². The first-order valence-electron chi connectivity index (χ1n) is 4.77. The van der Waals surface area contributed by atoms with E-state index < -0.39 is 12.0 Å². The fraction of sp³-hybridized carbons (Fsp3) is 0.300. The molecule has 1 fully saturated rings. The van der Waals surface area contributed by atoms with Gasteiger partial charge >= 0.3 is 5.97 Å². The smallest absolute Gasteiger partial charge is 0.321 e. The van der Waals surface area contributed by atoms with Gasteiger partial charge < -0.3 is 10.2 Å². The molecule has 1 aliphatic heterocycles. The number of nitrogens with one attached hydrogen (secondary N) is 1. The van der Waals surface area contributed by atoms with E-state index in [2.05, 4.69) is 50.5 Å². The van der Waals surface area contributed by atoms with Gasteiger partial charge in [0.15, 0.2) is 0 Å². The third-order valence-corrected chi connectivity index (χ3v) is 5.33. The number of hydrogen-bond donors (Lipinski definition) is 3. The van der Waals surface area contributed by atoms with Crippen LogP contribution in [0.4, 0.5) is 0 Å². The highest BCUT2D eigenvalue weighted by Crippen LogP contribution is 2.37. The molecule has 0 aromatic heterocycles. The predicted molar refractivity (Wildman–Crippen MR) is 83.3 cm³/mol. The van der Waals surface area contributed by atoms with Crippen molar-refractivity contribution in [2.24, 2.45) is 0 Å². The van der Waals surface area contributed by atoms with E-state index in [9.17, 15) is 9.90 Å². The van der Waals surface area contributed by atoms with E-state index in [0.717, 1.165) is 12.7 Å². The molecule has 4 nitrogen and oxygen atoms in total. The minimum absolute atomic E-state index is 0.0151. The summed E-state index contributed by atoms with van der Waals surface area (Å²) >= 11 is 5.72. The Morgan fingerprint density at radius 3 is 2.47 bits per heavy atom. The number of phenols is 1. The molecule has 92 valence electrons. The van der Waals surface area contributed by atoms with Gasteiger partial charge in [0.25, 0.3) is 0 Å². The lowest BCUT2D eigenvalue weighted by Crippen LogP contribution is -2.33. The first-order valence-corrected chi connectivity index (χ1v) is 7.98. The number of aromatic hydroxyl groups is 1. The third kappa shape index (κ3) is 2.99. The average molecular weight is 477 g/mol. The van der Waals surface area contributed by atoms with Crippen molar-refractivity contribution in [2.75, 3.05) is 5.75 Å². The van der Waals surface area contributed by atoms with Crippen molar-refractivity contribution >= 4 is 62.9 Å². The normalized spacial score (nSPS) is 23.9. The number of halogens is 2. The molecule has 1 aromatic rings. The molecule has 0 amide bonds. The zero-order valence-corrected chi connectivity index (χ0v) is 13.6. The monoisotopic (exact) mass is 477 g/mol. The Hall–Kier alpha value is 0.260. The Balaban J connectivity index is 2.22. The predicted octanol–water partition coefficient (Wildman–Crippen LogP) is 2.39. The van der Waals surface area contributed by atoms with Crippen molar-refractivity contribution in [1.82, 2.24) is 5.32 Å². The zero-order chi connectivity index (χ0) is 12.6. The first kappa shape index (κ1) is 13.7. The number of carboxylic acid groups (broad SMARTS) is 1. The highest BCUT2D eigenvalue weighted by molar-refractivity contribution is 14.1. The van der Waals surface area contributed by atoms with Gasteiger partial charge in [0.2, 0.25) is 0 Å². The second-order valence-corrected chi connectivity index (χ2v) is 7.07. The molecule has 1 aromatic carbocycles.